The van der Waals surface area contributed by atoms with Crippen molar-refractivity contribution in [2.24, 2.45) is 16.7 Å². The van der Waals surface area contributed by atoms with Crippen LogP contribution in [-0.4, -0.2) is 83.5 Å². The van der Waals surface area contributed by atoms with Gasteiger partial charge in [0, 0.05) is 5.54 Å². The second-order valence-electron chi connectivity index (χ2n) is 12.9. The normalized spacial score (nSPS) is 40.5. The second-order valence-corrected chi connectivity index (χ2v) is 17.0. The lowest BCUT2D eigenvalue weighted by atomic mass is 9.43. The molecule has 4 saturated carbocycles. The van der Waals surface area contributed by atoms with Gasteiger partial charge in [0.15, 0.2) is 28.7 Å². The van der Waals surface area contributed by atoms with E-state index in [1.807, 2.05) is 0 Å². The molecule has 4 aliphatic carbocycles. The molecule has 5 fully saturated rings. The summed E-state index contributed by atoms with van der Waals surface area (Å²) in [7, 11) is -9.55. The number of fused-ring (bicyclic) bond motifs is 1. The number of aromatic nitrogens is 4. The van der Waals surface area contributed by atoms with Gasteiger partial charge in [-0.25, -0.2) is 4.98 Å². The van der Waals surface area contributed by atoms with Crippen LogP contribution in [0.4, 0.5) is 5.82 Å². The molecule has 5 N–H and O–H groups in total. The molecule has 0 amide bonds. The van der Waals surface area contributed by atoms with Gasteiger partial charge in [0.05, 0.1) is 12.9 Å². The lowest BCUT2D eigenvalue weighted by molar-refractivity contribution is -0.0973. The summed E-state index contributed by atoms with van der Waals surface area (Å²) in [4.78, 5) is 23.0. The van der Waals surface area contributed by atoms with Crippen molar-refractivity contribution in [3.05, 3.63) is 11.6 Å². The van der Waals surface area contributed by atoms with Crippen molar-refractivity contribution in [3.8, 4) is 0 Å². The quantitative estimate of drug-likeness (QED) is 0.163. The van der Waals surface area contributed by atoms with Crippen LogP contribution in [0.2, 0.25) is 5.28 Å². The number of nitrogens with zero attached hydrogens (tertiary/aromatic N) is 4. The molecule has 4 bridgehead atoms. The van der Waals surface area contributed by atoms with E-state index in [1.54, 1.807) is 0 Å². The number of aliphatic hydroxyl groups excluding tert-OH is 2. The van der Waals surface area contributed by atoms with E-state index in [9.17, 15) is 28.1 Å². The summed E-state index contributed by atoms with van der Waals surface area (Å²) in [6, 6.07) is 0. The average Bonchev–Trinajstić information content (AvgIpc) is 3.29. The number of hydrogen-bond acceptors (Lipinski definition) is 11. The first-order valence-corrected chi connectivity index (χ1v) is 16.8. The van der Waals surface area contributed by atoms with Crippen LogP contribution < -0.4 is 5.32 Å². The molecule has 40 heavy (non-hydrogen) atoms. The Kier molecular flexibility index (Phi) is 6.66. The summed E-state index contributed by atoms with van der Waals surface area (Å²) in [6.07, 6.45) is 2.51. The fourth-order valence-corrected chi connectivity index (χ4v) is 11.0. The summed E-state index contributed by atoms with van der Waals surface area (Å²) >= 11 is 6.34. The monoisotopic (exact) mass is 621 g/mol. The van der Waals surface area contributed by atoms with Gasteiger partial charge >= 0.3 is 7.60 Å². The molecule has 2 aromatic rings. The minimum Gasteiger partial charge on any atom is -0.387 e. The Hall–Kier alpha value is -1.42. The Labute approximate surface area is 235 Å². The highest BCUT2D eigenvalue weighted by molar-refractivity contribution is 7.92. The van der Waals surface area contributed by atoms with E-state index in [2.05, 4.69) is 34.1 Å². The van der Waals surface area contributed by atoms with E-state index in [-0.39, 0.29) is 27.3 Å². The van der Waals surface area contributed by atoms with Gasteiger partial charge in [0.2, 0.25) is 5.28 Å². The molecule has 0 aromatic carbocycles. The summed E-state index contributed by atoms with van der Waals surface area (Å²) in [5.74, 6) is 1.11. The average molecular weight is 622 g/mol. The largest absolute Gasteiger partial charge is 0.387 e. The number of nitrogens with one attached hydrogen (secondary N) is 1. The molecule has 5 unspecified atom stereocenters. The topological polar surface area (TPSA) is 206 Å². The number of ether oxygens (including phenoxy) is 1. The fraction of sp³-hybridized carbons (Fsp3) is 0.783. The zero-order valence-corrected chi connectivity index (χ0v) is 24.4. The molecule has 7 rings (SSSR count). The Morgan fingerprint density at radius 1 is 1.18 bits per heavy atom. The van der Waals surface area contributed by atoms with Gasteiger partial charge in [0.1, 0.15) is 18.3 Å². The number of halogens is 1. The van der Waals surface area contributed by atoms with Crippen LogP contribution in [0.3, 0.4) is 0 Å². The first-order valence-electron chi connectivity index (χ1n) is 13.1. The lowest BCUT2D eigenvalue weighted by Crippen LogP contribution is -2.61. The van der Waals surface area contributed by atoms with Gasteiger partial charge in [-0.05, 0) is 66.9 Å². The second kappa shape index (κ2) is 9.29. The molecular weight excluding hydrogens is 589 g/mol. The Morgan fingerprint density at radius 2 is 1.85 bits per heavy atom. The molecule has 0 radical (unpaired) electrons. The van der Waals surface area contributed by atoms with Crippen LogP contribution in [0.25, 0.3) is 11.2 Å². The molecule has 2 aromatic heterocycles. The zero-order valence-electron chi connectivity index (χ0n) is 22.0. The van der Waals surface area contributed by atoms with Gasteiger partial charge in [-0.1, -0.05) is 13.8 Å². The molecule has 17 heteroatoms. The molecule has 14 nitrogen and oxygen atoms in total. The van der Waals surface area contributed by atoms with Crippen LogP contribution in [0.5, 0.6) is 0 Å². The van der Waals surface area contributed by atoms with Gasteiger partial charge in [-0.3, -0.25) is 13.7 Å². The third kappa shape index (κ3) is 5.29. The third-order valence-corrected chi connectivity index (χ3v) is 12.1. The van der Waals surface area contributed by atoms with E-state index in [1.165, 1.54) is 30.2 Å². The minimum atomic E-state index is -4.79. The zero-order chi connectivity index (χ0) is 28.9. The highest BCUT2D eigenvalue weighted by atomic mass is 35.5. The number of rotatable bonds is 8. The van der Waals surface area contributed by atoms with Crippen molar-refractivity contribution < 1.29 is 41.9 Å². The van der Waals surface area contributed by atoms with E-state index >= 15 is 0 Å². The first-order chi connectivity index (χ1) is 18.5. The van der Waals surface area contributed by atoms with Crippen molar-refractivity contribution in [1.29, 1.82) is 0 Å². The molecule has 1 saturated heterocycles. The maximum atomic E-state index is 12.0. The van der Waals surface area contributed by atoms with Gasteiger partial charge in [-0.15, -0.1) is 0 Å². The third-order valence-electron chi connectivity index (χ3n) is 8.78. The number of hydrogen-bond donors (Lipinski definition) is 5. The minimum absolute atomic E-state index is 0.0433. The van der Waals surface area contributed by atoms with E-state index < -0.39 is 54.4 Å². The molecule has 0 spiro atoms. The molecule has 222 valence electrons. The molecule has 3 heterocycles. The molecule has 1 aliphatic heterocycles. The van der Waals surface area contributed by atoms with Crippen LogP contribution in [0.15, 0.2) is 6.33 Å². The predicted octanol–water partition coefficient (Wildman–Crippen LogP) is 2.31. The van der Waals surface area contributed by atoms with Gasteiger partial charge in [0.25, 0.3) is 10.1 Å². The van der Waals surface area contributed by atoms with Gasteiger partial charge < -0.3 is 29.7 Å². The summed E-state index contributed by atoms with van der Waals surface area (Å²) in [6.45, 7) is 4.01. The summed E-state index contributed by atoms with van der Waals surface area (Å²) in [5, 5.41) is 24.9. The number of aliphatic hydroxyl groups is 2. The van der Waals surface area contributed by atoms with E-state index in [0.717, 1.165) is 19.3 Å². The first kappa shape index (κ1) is 28.7. The maximum absolute atomic E-state index is 12.0. The van der Waals surface area contributed by atoms with Crippen LogP contribution >= 0.6 is 19.2 Å². The number of imidazole rings is 1. The maximum Gasteiger partial charge on any atom is 0.345 e. The lowest BCUT2D eigenvalue weighted by Gasteiger charge is -2.65. The highest BCUT2D eigenvalue weighted by Crippen LogP contribution is 2.67. The fourth-order valence-electron chi connectivity index (χ4n) is 8.53. The van der Waals surface area contributed by atoms with E-state index in [4.69, 9.17) is 25.4 Å². The standard InChI is InChI=1S/C23H33ClN5O9PS/c1-21-3-12-4-22(2,7-21)9-23(5-12,8-21)28-17-14-18(27-20(24)26-17)29(10-25-14)19-16(31)15(30)13(38-19)6-37-39(32,33)11-40(34,35)36/h10,12-13,15-16,19,30-31H,3-9,11H2,1-2H3,(H,32,33)(H,26,27,28)(H,34,35,36)/t12?,13-,15?,16?,19-,21-,22+,23?/m1/s1. The SMILES string of the molecule is C[C@]12CC3CC(Nc4nc(Cl)nc5c4ncn5[C@@H]4O[C@H](COP(=O)(O)CS(=O)(=O)O)C(O)C4O)(C1)C[C@@](C)(C3)C2. The van der Waals surface area contributed by atoms with Crippen LogP contribution in [0.1, 0.15) is 58.6 Å². The highest BCUT2D eigenvalue weighted by Gasteiger charge is 2.60. The summed E-state index contributed by atoms with van der Waals surface area (Å²) < 4.78 is 54.6. The Bertz CT molecular complexity index is 1490. The van der Waals surface area contributed by atoms with Crippen LogP contribution in [0, 0.1) is 16.7 Å². The van der Waals surface area contributed by atoms with Gasteiger partial charge in [-0.2, -0.15) is 18.4 Å². The molecule has 9 atom stereocenters. The van der Waals surface area contributed by atoms with Crippen molar-refractivity contribution in [2.75, 3.05) is 17.4 Å². The van der Waals surface area contributed by atoms with Crippen LogP contribution in [-0.2, 0) is 23.9 Å². The molecule has 5 aliphatic rings. The summed E-state index contributed by atoms with van der Waals surface area (Å²) in [5.41, 5.74) is -0.501. The van der Waals surface area contributed by atoms with E-state index in [0.29, 0.717) is 17.3 Å². The van der Waals surface area contributed by atoms with Crippen molar-refractivity contribution in [3.63, 3.8) is 0 Å². The smallest absolute Gasteiger partial charge is 0.345 e. The predicted molar refractivity (Wildman–Crippen MR) is 142 cm³/mol. The molecular formula is C23H33ClN5O9PS. The van der Waals surface area contributed by atoms with Crippen molar-refractivity contribution >= 4 is 46.3 Å². The Morgan fingerprint density at radius 3 is 2.48 bits per heavy atom. The Balaban J connectivity index is 1.25. The van der Waals surface area contributed by atoms with Crippen molar-refractivity contribution in [1.82, 2.24) is 19.5 Å². The number of anilines is 1. The van der Waals surface area contributed by atoms with Crippen molar-refractivity contribution in [2.45, 2.75) is 82.5 Å².